The third-order valence-electron chi connectivity index (χ3n) is 3.74. The van der Waals surface area contributed by atoms with E-state index >= 15 is 0 Å². The van der Waals surface area contributed by atoms with Crippen LogP contribution in [-0.4, -0.2) is 20.2 Å². The number of rotatable bonds is 3. The van der Waals surface area contributed by atoms with Gasteiger partial charge in [0.15, 0.2) is 5.78 Å². The Hall–Kier alpha value is -2.53. The van der Waals surface area contributed by atoms with E-state index in [9.17, 15) is 4.79 Å². The van der Waals surface area contributed by atoms with Gasteiger partial charge in [0.25, 0.3) is 0 Å². The quantitative estimate of drug-likeness (QED) is 0.754. The van der Waals surface area contributed by atoms with Crippen LogP contribution in [0, 0.1) is 6.92 Å². The van der Waals surface area contributed by atoms with Crippen LogP contribution in [0.15, 0.2) is 36.7 Å². The largest absolute Gasteiger partial charge is 0.322 e. The minimum absolute atomic E-state index is 0.0513. The first-order valence-corrected chi connectivity index (χ1v) is 7.19. The number of ketones is 1. The lowest BCUT2D eigenvalue weighted by Crippen LogP contribution is -2.09. The van der Waals surface area contributed by atoms with Crippen molar-refractivity contribution in [3.63, 3.8) is 0 Å². The summed E-state index contributed by atoms with van der Waals surface area (Å²) >= 11 is 0. The van der Waals surface area contributed by atoms with Crippen LogP contribution in [0.4, 0.5) is 0 Å². The molecule has 5 heteroatoms. The van der Waals surface area contributed by atoms with Gasteiger partial charge in [-0.15, -0.1) is 0 Å². The molecule has 2 heterocycles. The highest BCUT2D eigenvalue weighted by atomic mass is 16.1. The molecule has 0 aliphatic rings. The zero-order valence-corrected chi connectivity index (χ0v) is 12.9. The molecule has 0 aliphatic heterocycles. The Morgan fingerprint density at radius 1 is 1.27 bits per heavy atom. The number of imidazole rings is 1. The number of fused-ring (bicyclic) bond motifs is 1. The normalized spacial score (nSPS) is 12.5. The maximum Gasteiger partial charge on any atom is 0.159 e. The number of hydrogen-bond acceptors (Lipinski definition) is 4. The highest BCUT2D eigenvalue weighted by Crippen LogP contribution is 2.28. The average Bonchev–Trinajstić information content (AvgIpc) is 2.88. The Morgan fingerprint density at radius 3 is 2.55 bits per heavy atom. The number of nitrogens with two attached hydrogens (primary N) is 1. The van der Waals surface area contributed by atoms with Crippen LogP contribution in [0.25, 0.3) is 16.8 Å². The summed E-state index contributed by atoms with van der Waals surface area (Å²) in [6.07, 6.45) is 3.62. The Balaban J connectivity index is 2.24. The third-order valence-corrected chi connectivity index (χ3v) is 3.74. The lowest BCUT2D eigenvalue weighted by atomic mass is 10.1. The van der Waals surface area contributed by atoms with E-state index in [4.69, 9.17) is 10.7 Å². The van der Waals surface area contributed by atoms with Gasteiger partial charge in [0.05, 0.1) is 22.9 Å². The molecule has 0 bridgehead atoms. The van der Waals surface area contributed by atoms with Crippen molar-refractivity contribution in [1.82, 2.24) is 14.4 Å². The standard InChI is InChI=1S/C17H18N4O/c1-10(18)17-20-15(16-11(2)19-8-9-21(16)17)14-6-4-13(5-7-14)12(3)22/h4-10H,18H2,1-3H3/t10-/m0/s1. The second-order valence-electron chi connectivity index (χ2n) is 5.47. The first kappa shape index (κ1) is 14.4. The molecule has 0 saturated carbocycles. The summed E-state index contributed by atoms with van der Waals surface area (Å²) in [6.45, 7) is 5.42. The van der Waals surface area contributed by atoms with Crippen LogP contribution < -0.4 is 5.73 Å². The highest BCUT2D eigenvalue weighted by Gasteiger charge is 2.17. The van der Waals surface area contributed by atoms with Gasteiger partial charge in [0.2, 0.25) is 0 Å². The van der Waals surface area contributed by atoms with Crippen LogP contribution in [0.3, 0.4) is 0 Å². The van der Waals surface area contributed by atoms with Crippen molar-refractivity contribution >= 4 is 11.3 Å². The number of nitrogens with zero attached hydrogens (tertiary/aromatic N) is 3. The number of benzene rings is 1. The zero-order chi connectivity index (χ0) is 15.9. The molecule has 2 aromatic heterocycles. The van der Waals surface area contributed by atoms with Crippen molar-refractivity contribution in [1.29, 1.82) is 0 Å². The van der Waals surface area contributed by atoms with Crippen LogP contribution in [0.1, 0.15) is 41.8 Å². The second-order valence-corrected chi connectivity index (χ2v) is 5.47. The maximum absolute atomic E-state index is 11.4. The first-order valence-electron chi connectivity index (χ1n) is 7.19. The molecule has 0 aliphatic carbocycles. The van der Waals surface area contributed by atoms with Gasteiger partial charge in [-0.3, -0.25) is 14.2 Å². The molecule has 1 atom stereocenters. The van der Waals surface area contributed by atoms with Crippen LogP contribution in [-0.2, 0) is 0 Å². The molecule has 0 spiro atoms. The van der Waals surface area contributed by atoms with E-state index in [1.54, 1.807) is 13.1 Å². The molecule has 2 N–H and O–H groups in total. The lowest BCUT2D eigenvalue weighted by Gasteiger charge is -2.04. The summed E-state index contributed by atoms with van der Waals surface area (Å²) in [5, 5.41) is 0. The molecule has 3 rings (SSSR count). The van der Waals surface area contributed by atoms with Crippen LogP contribution in [0.2, 0.25) is 0 Å². The van der Waals surface area contributed by atoms with E-state index in [0.29, 0.717) is 5.56 Å². The molecule has 3 aromatic rings. The Bertz CT molecular complexity index is 847. The number of carbonyl (C=O) groups is 1. The second kappa shape index (κ2) is 5.35. The fourth-order valence-corrected chi connectivity index (χ4v) is 2.60. The lowest BCUT2D eigenvalue weighted by molar-refractivity contribution is 0.101. The molecular formula is C17H18N4O. The first-order chi connectivity index (χ1) is 10.5. The number of carbonyl (C=O) groups excluding carboxylic acids is 1. The van der Waals surface area contributed by atoms with Crippen molar-refractivity contribution in [2.45, 2.75) is 26.8 Å². The number of hydrogen-bond donors (Lipinski definition) is 1. The zero-order valence-electron chi connectivity index (χ0n) is 12.9. The third kappa shape index (κ3) is 2.29. The van der Waals surface area contributed by atoms with Crippen molar-refractivity contribution in [2.75, 3.05) is 0 Å². The highest BCUT2D eigenvalue weighted by molar-refractivity contribution is 5.94. The van der Waals surface area contributed by atoms with Gasteiger partial charge in [-0.25, -0.2) is 4.98 Å². The summed E-state index contributed by atoms with van der Waals surface area (Å²) in [7, 11) is 0. The summed E-state index contributed by atoms with van der Waals surface area (Å²) in [5.41, 5.74) is 10.4. The maximum atomic E-state index is 11.4. The predicted molar refractivity (Wildman–Crippen MR) is 85.8 cm³/mol. The SMILES string of the molecule is CC(=O)c1ccc(-c2nc([C@H](C)N)n3ccnc(C)c23)cc1. The van der Waals surface area contributed by atoms with Crippen molar-refractivity contribution in [3.05, 3.63) is 53.7 Å². The molecule has 1 aromatic carbocycles. The molecule has 0 saturated heterocycles. The number of Topliss-reactive ketones (excluding diaryl/α,β-unsaturated/α-hetero) is 1. The Morgan fingerprint density at radius 2 is 1.95 bits per heavy atom. The Labute approximate surface area is 128 Å². The van der Waals surface area contributed by atoms with E-state index in [1.807, 2.05) is 48.7 Å². The van der Waals surface area contributed by atoms with E-state index in [0.717, 1.165) is 28.3 Å². The molecule has 112 valence electrons. The fraction of sp³-hybridized carbons (Fsp3) is 0.235. The number of aryl methyl sites for hydroxylation is 1. The molecule has 0 unspecified atom stereocenters. The van der Waals surface area contributed by atoms with Crippen molar-refractivity contribution < 1.29 is 4.79 Å². The predicted octanol–water partition coefficient (Wildman–Crippen LogP) is 2.93. The smallest absolute Gasteiger partial charge is 0.159 e. The molecule has 22 heavy (non-hydrogen) atoms. The monoisotopic (exact) mass is 294 g/mol. The van der Waals surface area contributed by atoms with Crippen molar-refractivity contribution in [2.24, 2.45) is 5.73 Å². The number of aromatic nitrogens is 3. The fourth-order valence-electron chi connectivity index (χ4n) is 2.60. The van der Waals surface area contributed by atoms with Gasteiger partial charge in [-0.2, -0.15) is 0 Å². The van der Waals surface area contributed by atoms with E-state index < -0.39 is 0 Å². The molecule has 0 fully saturated rings. The van der Waals surface area contributed by atoms with Gasteiger partial charge in [0, 0.05) is 23.5 Å². The minimum Gasteiger partial charge on any atom is -0.322 e. The molecule has 0 amide bonds. The van der Waals surface area contributed by atoms with Gasteiger partial charge in [0.1, 0.15) is 5.82 Å². The molecule has 0 radical (unpaired) electrons. The van der Waals surface area contributed by atoms with E-state index in [2.05, 4.69) is 4.98 Å². The summed E-state index contributed by atoms with van der Waals surface area (Å²) in [5.74, 6) is 0.849. The summed E-state index contributed by atoms with van der Waals surface area (Å²) in [6, 6.07) is 7.28. The van der Waals surface area contributed by atoms with Gasteiger partial charge >= 0.3 is 0 Å². The van der Waals surface area contributed by atoms with Crippen molar-refractivity contribution in [3.8, 4) is 11.3 Å². The molecule has 5 nitrogen and oxygen atoms in total. The Kier molecular flexibility index (Phi) is 3.50. The minimum atomic E-state index is -0.181. The van der Waals surface area contributed by atoms with Gasteiger partial charge in [-0.1, -0.05) is 24.3 Å². The van der Waals surface area contributed by atoms with Gasteiger partial charge < -0.3 is 5.73 Å². The topological polar surface area (TPSA) is 73.3 Å². The van der Waals surface area contributed by atoms with Crippen LogP contribution >= 0.6 is 0 Å². The van der Waals surface area contributed by atoms with E-state index in [-0.39, 0.29) is 11.8 Å². The summed E-state index contributed by atoms with van der Waals surface area (Å²) in [4.78, 5) is 20.5. The average molecular weight is 294 g/mol. The van der Waals surface area contributed by atoms with Gasteiger partial charge in [-0.05, 0) is 20.8 Å². The van der Waals surface area contributed by atoms with Crippen LogP contribution in [0.5, 0.6) is 0 Å². The van der Waals surface area contributed by atoms with E-state index in [1.165, 1.54) is 0 Å². The molecular weight excluding hydrogens is 276 g/mol. The summed E-state index contributed by atoms with van der Waals surface area (Å²) < 4.78 is 1.99.